The van der Waals surface area contributed by atoms with Gasteiger partial charge < -0.3 is 28.4 Å². The van der Waals surface area contributed by atoms with Crippen LogP contribution in [0.5, 0.6) is 11.5 Å². The lowest BCUT2D eigenvalue weighted by atomic mass is 9.79. The van der Waals surface area contributed by atoms with Crippen molar-refractivity contribution in [1.29, 1.82) is 10.5 Å². The summed E-state index contributed by atoms with van der Waals surface area (Å²) in [6.45, 7) is 4.33. The van der Waals surface area contributed by atoms with Crippen LogP contribution in [0.3, 0.4) is 0 Å². The van der Waals surface area contributed by atoms with Crippen molar-refractivity contribution in [2.75, 3.05) is 54.4 Å². The molecule has 0 amide bonds. The minimum absolute atomic E-state index is 0.0484. The van der Waals surface area contributed by atoms with Gasteiger partial charge in [0.05, 0.1) is 58.2 Å². The van der Waals surface area contributed by atoms with E-state index in [1.165, 1.54) is 20.2 Å². The number of nitriles is 2. The SMILES string of the molecule is COCCOP(=O)(OCC(C#N)(C#N)COC(c1ccccc1)(c1ccc(OC)cc1)c1ccc(OC)cc1)O[C@H]1C[C@H](n2cc(C)c(=O)[nH]c2=O)O[C@@H]1COC(=O)C(C)(C)C. The third kappa shape index (κ3) is 11.1. The van der Waals surface area contributed by atoms with Crippen LogP contribution in [-0.4, -0.2) is 82.1 Å². The van der Waals surface area contributed by atoms with Crippen LogP contribution in [0, 0.1) is 40.4 Å². The molecule has 1 aliphatic rings. The predicted molar refractivity (Wildman–Crippen MR) is 223 cm³/mol. The molecule has 1 aromatic heterocycles. The molecule has 0 aliphatic carbocycles. The molecule has 1 saturated heterocycles. The minimum Gasteiger partial charge on any atom is -0.497 e. The Balaban J connectivity index is 1.49. The third-order valence-electron chi connectivity index (χ3n) is 10.0. The molecular formula is C44H51N4O13P. The molecule has 2 heterocycles. The molecule has 5 rings (SSSR count). The molecule has 0 spiro atoms. The van der Waals surface area contributed by atoms with Gasteiger partial charge in [-0.2, -0.15) is 10.5 Å². The van der Waals surface area contributed by atoms with E-state index in [4.69, 9.17) is 42.0 Å². The first kappa shape index (κ1) is 47.4. The van der Waals surface area contributed by atoms with Gasteiger partial charge in [0.1, 0.15) is 42.1 Å². The highest BCUT2D eigenvalue weighted by molar-refractivity contribution is 7.48. The second-order valence-electron chi connectivity index (χ2n) is 15.5. The summed E-state index contributed by atoms with van der Waals surface area (Å²) in [7, 11) is -0.287. The number of aryl methyl sites for hydroxylation is 1. The van der Waals surface area contributed by atoms with Crippen molar-refractivity contribution in [1.82, 2.24) is 9.55 Å². The Kier molecular flexibility index (Phi) is 15.7. The number of aromatic amines is 1. The number of carbonyl (C=O) groups is 1. The number of methoxy groups -OCH3 is 3. The molecule has 1 aliphatic heterocycles. The fourth-order valence-electron chi connectivity index (χ4n) is 6.49. The van der Waals surface area contributed by atoms with Crippen molar-refractivity contribution in [2.45, 2.75) is 58.2 Å². The first-order valence-electron chi connectivity index (χ1n) is 19.6. The zero-order valence-corrected chi connectivity index (χ0v) is 36.5. The number of nitrogens with zero attached hydrogens (tertiary/aromatic N) is 3. The van der Waals surface area contributed by atoms with Crippen molar-refractivity contribution in [3.05, 3.63) is 128 Å². The molecule has 1 unspecified atom stereocenters. The van der Waals surface area contributed by atoms with Crippen LogP contribution in [-0.2, 0) is 47.5 Å². The molecule has 18 heteroatoms. The van der Waals surface area contributed by atoms with E-state index in [-0.39, 0.29) is 31.8 Å². The standard InChI is InChI=1S/C44H51N4O13P/c1-30-24-48(41(51)47-39(30)49)38-23-36(37(60-38)25-56-40(50)42(2,3)4)61-62(52,58-22-21-53-5)59-29-43(26-45,27-46)28-57-44(31-11-9-8-10-12-31,32-13-17-34(54-6)18-14-32)33-15-19-35(55-7)20-16-33/h8-20,24,36-38H,21-23,25,28-29H2,1-7H3,(H,47,49,51)/t36-,37+,38+,62?/m0/s1. The maximum atomic E-state index is 14.7. The van der Waals surface area contributed by atoms with E-state index in [9.17, 15) is 29.5 Å². The number of nitrogens with one attached hydrogen (secondary N) is 1. The average molecular weight is 875 g/mol. The molecule has 4 aromatic rings. The second kappa shape index (κ2) is 20.5. The zero-order chi connectivity index (χ0) is 45.1. The maximum Gasteiger partial charge on any atom is 0.475 e. The van der Waals surface area contributed by atoms with Crippen molar-refractivity contribution in [2.24, 2.45) is 10.8 Å². The van der Waals surface area contributed by atoms with Gasteiger partial charge >= 0.3 is 19.5 Å². The summed E-state index contributed by atoms with van der Waals surface area (Å²) in [5, 5.41) is 21.4. The quantitative estimate of drug-likeness (QED) is 0.0469. The monoisotopic (exact) mass is 874 g/mol. The van der Waals surface area contributed by atoms with Gasteiger partial charge in [0, 0.05) is 25.3 Å². The van der Waals surface area contributed by atoms with E-state index in [1.54, 1.807) is 59.3 Å². The number of aromatic nitrogens is 2. The molecular weight excluding hydrogens is 823 g/mol. The van der Waals surface area contributed by atoms with Gasteiger partial charge in [-0.1, -0.05) is 54.6 Å². The molecule has 1 fully saturated rings. The molecule has 0 saturated carbocycles. The number of phosphoric ester groups is 1. The molecule has 1 N–H and O–H groups in total. The normalized spacial score (nSPS) is 17.7. The molecule has 3 aromatic carbocycles. The van der Waals surface area contributed by atoms with Crippen LogP contribution >= 0.6 is 7.82 Å². The predicted octanol–water partition coefficient (Wildman–Crippen LogP) is 5.95. The van der Waals surface area contributed by atoms with Crippen LogP contribution in [0.15, 0.2) is 94.6 Å². The van der Waals surface area contributed by atoms with Crippen molar-refractivity contribution < 1.29 is 51.4 Å². The van der Waals surface area contributed by atoms with Crippen LogP contribution in [0.25, 0.3) is 0 Å². The van der Waals surface area contributed by atoms with E-state index >= 15 is 0 Å². The van der Waals surface area contributed by atoms with Crippen molar-refractivity contribution in [3.8, 4) is 23.6 Å². The van der Waals surface area contributed by atoms with Crippen molar-refractivity contribution in [3.63, 3.8) is 0 Å². The Morgan fingerprint density at radius 2 is 1.44 bits per heavy atom. The van der Waals surface area contributed by atoms with E-state index < -0.39 is 73.1 Å². The summed E-state index contributed by atoms with van der Waals surface area (Å²) < 4.78 is 67.9. The Labute approximate surface area is 359 Å². The molecule has 330 valence electrons. The summed E-state index contributed by atoms with van der Waals surface area (Å²) in [6.07, 6.45) is -2.28. The smallest absolute Gasteiger partial charge is 0.475 e. The van der Waals surface area contributed by atoms with E-state index in [0.717, 1.165) is 4.57 Å². The number of hydrogen-bond acceptors (Lipinski definition) is 15. The summed E-state index contributed by atoms with van der Waals surface area (Å²) >= 11 is 0. The van der Waals surface area contributed by atoms with Gasteiger partial charge in [-0.25, -0.2) is 9.36 Å². The number of phosphoric acid groups is 1. The lowest BCUT2D eigenvalue weighted by Gasteiger charge is -2.37. The minimum atomic E-state index is -4.77. The number of rotatable bonds is 20. The van der Waals surface area contributed by atoms with Gasteiger partial charge in [-0.3, -0.25) is 32.7 Å². The first-order valence-corrected chi connectivity index (χ1v) is 21.0. The number of H-pyrrole nitrogens is 1. The first-order chi connectivity index (χ1) is 29.6. The Morgan fingerprint density at radius 3 is 1.97 bits per heavy atom. The van der Waals surface area contributed by atoms with Gasteiger partial charge in [-0.05, 0) is 68.7 Å². The third-order valence-corrected chi connectivity index (χ3v) is 11.5. The fraction of sp³-hybridized carbons (Fsp3) is 0.432. The molecule has 0 radical (unpaired) electrons. The number of esters is 1. The fourth-order valence-corrected chi connectivity index (χ4v) is 7.92. The van der Waals surface area contributed by atoms with Gasteiger partial charge in [0.2, 0.25) is 0 Å². The largest absolute Gasteiger partial charge is 0.497 e. The topological polar surface area (TPSA) is 220 Å². The summed E-state index contributed by atoms with van der Waals surface area (Å²) in [6, 6.07) is 27.5. The Morgan fingerprint density at radius 1 is 0.855 bits per heavy atom. The van der Waals surface area contributed by atoms with Gasteiger partial charge in [0.25, 0.3) is 5.56 Å². The summed E-state index contributed by atoms with van der Waals surface area (Å²) in [5.74, 6) is 0.599. The van der Waals surface area contributed by atoms with Crippen LogP contribution < -0.4 is 20.7 Å². The van der Waals surface area contributed by atoms with E-state index in [2.05, 4.69) is 4.98 Å². The average Bonchev–Trinajstić information content (AvgIpc) is 3.67. The molecule has 4 atom stereocenters. The Hall–Kier alpha value is -5.62. The molecule has 0 bridgehead atoms. The molecule has 62 heavy (non-hydrogen) atoms. The van der Waals surface area contributed by atoms with Crippen LogP contribution in [0.2, 0.25) is 0 Å². The van der Waals surface area contributed by atoms with Crippen molar-refractivity contribution >= 4 is 13.8 Å². The zero-order valence-electron chi connectivity index (χ0n) is 35.7. The maximum absolute atomic E-state index is 14.7. The van der Waals surface area contributed by atoms with Crippen LogP contribution in [0.4, 0.5) is 0 Å². The highest BCUT2D eigenvalue weighted by atomic mass is 31.2. The number of ether oxygens (including phenoxy) is 6. The van der Waals surface area contributed by atoms with Gasteiger partial charge in [0.15, 0.2) is 5.41 Å². The number of hydrogen-bond donors (Lipinski definition) is 1. The lowest BCUT2D eigenvalue weighted by Crippen LogP contribution is -2.39. The lowest BCUT2D eigenvalue weighted by molar-refractivity contribution is -0.159. The number of carbonyl (C=O) groups excluding carboxylic acids is 1. The highest BCUT2D eigenvalue weighted by Crippen LogP contribution is 2.54. The van der Waals surface area contributed by atoms with Gasteiger partial charge in [-0.15, -0.1) is 0 Å². The summed E-state index contributed by atoms with van der Waals surface area (Å²) in [4.78, 5) is 40.1. The summed E-state index contributed by atoms with van der Waals surface area (Å²) in [5.41, 5.74) is -3.69. The Bertz CT molecular complexity index is 2320. The van der Waals surface area contributed by atoms with E-state index in [1.807, 2.05) is 66.7 Å². The number of benzene rings is 3. The molecule has 17 nitrogen and oxygen atoms in total. The highest BCUT2D eigenvalue weighted by Gasteiger charge is 2.47. The van der Waals surface area contributed by atoms with Crippen LogP contribution in [0.1, 0.15) is 55.7 Å². The second-order valence-corrected chi connectivity index (χ2v) is 17.1. The van der Waals surface area contributed by atoms with E-state index in [0.29, 0.717) is 28.2 Å².